The van der Waals surface area contributed by atoms with E-state index in [1.807, 2.05) is 30.3 Å². The van der Waals surface area contributed by atoms with Crippen LogP contribution in [0.3, 0.4) is 0 Å². The Labute approximate surface area is 232 Å². The van der Waals surface area contributed by atoms with E-state index in [2.05, 4.69) is 58.9 Å². The van der Waals surface area contributed by atoms with Gasteiger partial charge < -0.3 is 14.2 Å². The third-order valence-electron chi connectivity index (χ3n) is 10.7. The number of benzene rings is 2. The van der Waals surface area contributed by atoms with Crippen molar-refractivity contribution in [1.82, 2.24) is 0 Å². The van der Waals surface area contributed by atoms with Gasteiger partial charge in [-0.3, -0.25) is 4.79 Å². The van der Waals surface area contributed by atoms with Crippen LogP contribution in [-0.4, -0.2) is 37.1 Å². The largest absolute Gasteiger partial charge is 0.445 e. The van der Waals surface area contributed by atoms with Crippen LogP contribution in [0.25, 0.3) is 0 Å². The third kappa shape index (κ3) is 3.67. The highest BCUT2D eigenvalue weighted by Crippen LogP contribution is 2.66. The minimum Gasteiger partial charge on any atom is -0.445 e. The van der Waals surface area contributed by atoms with Crippen molar-refractivity contribution in [3.05, 3.63) is 65.7 Å². The number of rotatable bonds is 3. The van der Waals surface area contributed by atoms with Crippen LogP contribution in [0.4, 0.5) is 10.5 Å². The monoisotopic (exact) mass is 531 g/mol. The number of carbonyl (C=O) groups is 2. The van der Waals surface area contributed by atoms with Gasteiger partial charge in [-0.1, -0.05) is 89.6 Å². The van der Waals surface area contributed by atoms with Gasteiger partial charge >= 0.3 is 6.09 Å². The average molecular weight is 532 g/mol. The van der Waals surface area contributed by atoms with Crippen LogP contribution in [0.2, 0.25) is 0 Å². The molecule has 1 saturated heterocycles. The highest BCUT2D eigenvalue weighted by atomic mass is 16.7. The van der Waals surface area contributed by atoms with Crippen LogP contribution in [0.1, 0.15) is 77.8 Å². The summed E-state index contributed by atoms with van der Waals surface area (Å²) in [5.41, 5.74) is 0.953. The number of imide groups is 1. The minimum absolute atomic E-state index is 0.147. The summed E-state index contributed by atoms with van der Waals surface area (Å²) in [7, 11) is 0. The molecule has 0 N–H and O–H groups in total. The molecule has 208 valence electrons. The Hall–Kier alpha value is -2.70. The average Bonchev–Trinajstić information content (AvgIpc) is 3.56. The van der Waals surface area contributed by atoms with E-state index in [0.29, 0.717) is 37.7 Å². The standard InChI is InChI=1S/C33H41NO5/c1-22-15-16-25(30(2,3)23-11-7-6-8-12-23)27(21-22)39-29(36)34-26-14-10-9-13-24(26)32(28(34)35)17-18-33(31(32,4)5)37-19-20-38-33/h6-14,22,25,27H,15-21H2,1-5H3/t22-,25-,27?,32-/m1/s1. The number of ether oxygens (including phenoxy) is 3. The number of carbonyl (C=O) groups excluding carboxylic acids is 2. The first-order valence-corrected chi connectivity index (χ1v) is 14.5. The van der Waals surface area contributed by atoms with Crippen LogP contribution in [-0.2, 0) is 29.8 Å². The summed E-state index contributed by atoms with van der Waals surface area (Å²) in [5, 5.41) is 0. The van der Waals surface area contributed by atoms with Crippen molar-refractivity contribution >= 4 is 17.7 Å². The Kier molecular flexibility index (Phi) is 6.23. The van der Waals surface area contributed by atoms with Gasteiger partial charge in [0.1, 0.15) is 6.10 Å². The fourth-order valence-electron chi connectivity index (χ4n) is 8.28. The lowest BCUT2D eigenvalue weighted by Gasteiger charge is -2.45. The van der Waals surface area contributed by atoms with Gasteiger partial charge in [0, 0.05) is 17.8 Å². The smallest absolute Gasteiger partial charge is 0.421 e. The molecule has 2 spiro atoms. The summed E-state index contributed by atoms with van der Waals surface area (Å²) >= 11 is 0. The molecule has 0 aromatic heterocycles. The van der Waals surface area contributed by atoms with Crippen molar-refractivity contribution in [3.63, 3.8) is 0 Å². The number of anilines is 1. The first-order chi connectivity index (χ1) is 18.6. The minimum atomic E-state index is -0.921. The van der Waals surface area contributed by atoms with Crippen molar-refractivity contribution in [3.8, 4) is 0 Å². The lowest BCUT2D eigenvalue weighted by molar-refractivity contribution is -0.221. The Morgan fingerprint density at radius 2 is 1.64 bits per heavy atom. The van der Waals surface area contributed by atoms with Crippen molar-refractivity contribution < 1.29 is 23.8 Å². The lowest BCUT2D eigenvalue weighted by Crippen LogP contribution is -2.56. The first kappa shape index (κ1) is 26.5. The van der Waals surface area contributed by atoms with E-state index in [0.717, 1.165) is 24.8 Å². The molecule has 2 aliphatic carbocycles. The van der Waals surface area contributed by atoms with Gasteiger partial charge in [0.05, 0.1) is 24.3 Å². The second-order valence-electron chi connectivity index (χ2n) is 13.2. The highest BCUT2D eigenvalue weighted by Gasteiger charge is 2.73. The molecule has 0 radical (unpaired) electrons. The Morgan fingerprint density at radius 3 is 2.36 bits per heavy atom. The predicted molar refractivity (Wildman–Crippen MR) is 149 cm³/mol. The van der Waals surface area contributed by atoms with Gasteiger partial charge in [0.2, 0.25) is 5.91 Å². The molecule has 39 heavy (non-hydrogen) atoms. The zero-order valence-electron chi connectivity index (χ0n) is 23.9. The fourth-order valence-corrected chi connectivity index (χ4v) is 8.28. The molecule has 6 nitrogen and oxygen atoms in total. The van der Waals surface area contributed by atoms with Crippen molar-refractivity contribution in [2.24, 2.45) is 17.3 Å². The molecule has 2 aliphatic heterocycles. The summed E-state index contributed by atoms with van der Waals surface area (Å²) in [5.74, 6) is -0.464. The summed E-state index contributed by atoms with van der Waals surface area (Å²) in [6.45, 7) is 11.8. The number of nitrogens with zero attached hydrogens (tertiary/aromatic N) is 1. The number of amides is 2. The van der Waals surface area contributed by atoms with Crippen LogP contribution < -0.4 is 4.90 Å². The number of hydrogen-bond donors (Lipinski definition) is 0. The first-order valence-electron chi connectivity index (χ1n) is 14.5. The second kappa shape index (κ2) is 9.17. The maximum Gasteiger partial charge on any atom is 0.421 e. The predicted octanol–water partition coefficient (Wildman–Crippen LogP) is 6.75. The van der Waals surface area contributed by atoms with Crippen LogP contribution >= 0.6 is 0 Å². The van der Waals surface area contributed by atoms with Gasteiger partial charge in [0.25, 0.3) is 0 Å². The molecule has 2 saturated carbocycles. The zero-order chi connectivity index (χ0) is 27.6. The van der Waals surface area contributed by atoms with Crippen LogP contribution in [0.5, 0.6) is 0 Å². The van der Waals surface area contributed by atoms with Crippen molar-refractivity contribution in [2.75, 3.05) is 18.1 Å². The molecular weight excluding hydrogens is 490 g/mol. The zero-order valence-corrected chi connectivity index (χ0v) is 23.9. The molecule has 2 amide bonds. The molecule has 2 heterocycles. The number of para-hydroxylation sites is 1. The molecule has 4 atom stereocenters. The molecule has 4 aliphatic rings. The maximum absolute atomic E-state index is 14.5. The summed E-state index contributed by atoms with van der Waals surface area (Å²) in [6.07, 6.45) is 3.18. The van der Waals surface area contributed by atoms with E-state index in [9.17, 15) is 9.59 Å². The van der Waals surface area contributed by atoms with E-state index in [1.54, 1.807) is 0 Å². The molecule has 0 bridgehead atoms. The Bertz CT molecular complexity index is 1260. The van der Waals surface area contributed by atoms with Crippen molar-refractivity contribution in [2.45, 2.75) is 89.4 Å². The summed E-state index contributed by atoms with van der Waals surface area (Å²) in [4.78, 5) is 29.9. The highest BCUT2D eigenvalue weighted by molar-refractivity contribution is 6.21. The van der Waals surface area contributed by atoms with Gasteiger partial charge in [-0.15, -0.1) is 0 Å². The Balaban J connectivity index is 1.34. The van der Waals surface area contributed by atoms with Gasteiger partial charge in [-0.2, -0.15) is 0 Å². The maximum atomic E-state index is 14.5. The molecule has 2 aromatic rings. The molecule has 6 heteroatoms. The summed E-state index contributed by atoms with van der Waals surface area (Å²) < 4.78 is 18.7. The molecule has 3 fully saturated rings. The normalized spacial score (nSPS) is 31.2. The van der Waals surface area contributed by atoms with E-state index >= 15 is 0 Å². The topological polar surface area (TPSA) is 65.1 Å². The third-order valence-corrected chi connectivity index (χ3v) is 10.7. The van der Waals surface area contributed by atoms with Crippen LogP contribution in [0, 0.1) is 17.3 Å². The molecule has 6 rings (SSSR count). The van der Waals surface area contributed by atoms with E-state index in [-0.39, 0.29) is 23.3 Å². The quantitative estimate of drug-likeness (QED) is 0.438. The lowest BCUT2D eigenvalue weighted by atomic mass is 9.63. The SMILES string of the molecule is C[C@@H]1CC[C@@H](C(C)(C)c2ccccc2)C(OC(=O)N2C(=O)[C@@]3(CCC4(OCCO4)C3(C)C)c3ccccc32)C1. The van der Waals surface area contributed by atoms with Gasteiger partial charge in [0.15, 0.2) is 5.79 Å². The van der Waals surface area contributed by atoms with Crippen molar-refractivity contribution in [1.29, 1.82) is 0 Å². The van der Waals surface area contributed by atoms with Gasteiger partial charge in [-0.05, 0) is 47.8 Å². The van der Waals surface area contributed by atoms with E-state index < -0.39 is 22.7 Å². The van der Waals surface area contributed by atoms with E-state index in [1.165, 1.54) is 10.5 Å². The van der Waals surface area contributed by atoms with Gasteiger partial charge in [-0.25, -0.2) is 9.69 Å². The fraction of sp³-hybridized carbons (Fsp3) is 0.576. The molecule has 2 aromatic carbocycles. The molecular formula is C33H41NO5. The summed E-state index contributed by atoms with van der Waals surface area (Å²) in [6, 6.07) is 18.2. The Morgan fingerprint density at radius 1 is 0.974 bits per heavy atom. The number of fused-ring (bicyclic) bond motifs is 2. The molecule has 1 unspecified atom stereocenters. The van der Waals surface area contributed by atoms with Crippen LogP contribution in [0.15, 0.2) is 54.6 Å². The van der Waals surface area contributed by atoms with E-state index in [4.69, 9.17) is 14.2 Å². The number of hydrogen-bond acceptors (Lipinski definition) is 5. The second-order valence-corrected chi connectivity index (χ2v) is 13.2.